The molecule has 0 aliphatic carbocycles. The van der Waals surface area contributed by atoms with Crippen molar-refractivity contribution in [1.82, 2.24) is 29.1 Å². The van der Waals surface area contributed by atoms with E-state index >= 15 is 0 Å². The molecule has 3 aliphatic heterocycles. The van der Waals surface area contributed by atoms with Crippen molar-refractivity contribution >= 4 is 49.5 Å². The summed E-state index contributed by atoms with van der Waals surface area (Å²) in [7, 11) is -10.3. The number of fused-ring (bicyclic) bond motifs is 5. The molecule has 0 amide bonds. The molecule has 10 atom stereocenters. The summed E-state index contributed by atoms with van der Waals surface area (Å²) in [6.07, 6.45) is -9.93. The summed E-state index contributed by atoms with van der Waals surface area (Å²) in [6.45, 7) is -1.75. The lowest BCUT2D eigenvalue weighted by molar-refractivity contribution is -0.0672. The van der Waals surface area contributed by atoms with Gasteiger partial charge in [-0.25, -0.2) is 23.5 Å². The minimum absolute atomic E-state index is 0.0367. The van der Waals surface area contributed by atoms with Crippen molar-refractivity contribution in [2.45, 2.75) is 49.1 Å². The maximum atomic E-state index is 14.8. The van der Waals surface area contributed by atoms with E-state index in [2.05, 4.69) is 19.9 Å². The van der Waals surface area contributed by atoms with Crippen molar-refractivity contribution in [3.05, 3.63) is 41.0 Å². The van der Waals surface area contributed by atoms with Gasteiger partial charge in [0, 0.05) is 18.1 Å². The monoisotopic (exact) mass is 690 g/mol. The van der Waals surface area contributed by atoms with E-state index in [0.717, 1.165) is 21.7 Å². The van der Waals surface area contributed by atoms with Crippen molar-refractivity contribution in [1.29, 1.82) is 0 Å². The number of nitrogens with two attached hydrogens (primary N) is 2. The molecule has 2 bridgehead atoms. The van der Waals surface area contributed by atoms with Crippen molar-refractivity contribution in [3.8, 4) is 0 Å². The number of nitrogen functional groups attached to an aromatic ring is 2. The van der Waals surface area contributed by atoms with E-state index in [4.69, 9.17) is 39.0 Å². The molecule has 248 valence electrons. The van der Waals surface area contributed by atoms with Gasteiger partial charge in [0.1, 0.15) is 42.3 Å². The van der Waals surface area contributed by atoms with Gasteiger partial charge in [-0.15, -0.1) is 0 Å². The van der Waals surface area contributed by atoms with Gasteiger partial charge in [-0.3, -0.25) is 32.4 Å². The summed E-state index contributed by atoms with van der Waals surface area (Å²) in [5.41, 5.74) is 10.5. The van der Waals surface area contributed by atoms with Crippen LogP contribution in [0.2, 0.25) is 0 Å². The van der Waals surface area contributed by atoms with Crippen molar-refractivity contribution < 1.29 is 61.1 Å². The molecule has 46 heavy (non-hydrogen) atoms. The third kappa shape index (κ3) is 5.31. The molecule has 7 rings (SSSR count). The number of phosphoric ester groups is 2. The Hall–Kier alpha value is -3.37. The largest absolute Gasteiger partial charge is 0.472 e. The van der Waals surface area contributed by atoms with Crippen LogP contribution in [0.4, 0.5) is 16.0 Å². The number of halogens is 1. The molecule has 4 aromatic rings. The number of aliphatic hydroxyl groups is 2. The zero-order chi connectivity index (χ0) is 32.7. The Morgan fingerprint density at radius 3 is 2.35 bits per heavy atom. The maximum Gasteiger partial charge on any atom is 0.472 e. The van der Waals surface area contributed by atoms with Gasteiger partial charge < -0.3 is 45.5 Å². The van der Waals surface area contributed by atoms with Crippen LogP contribution in [-0.2, 0) is 36.7 Å². The lowest BCUT2D eigenvalue weighted by Crippen LogP contribution is -2.36. The van der Waals surface area contributed by atoms with Gasteiger partial charge in [0.05, 0.1) is 24.9 Å². The van der Waals surface area contributed by atoms with Crippen LogP contribution in [-0.4, -0.2) is 98.9 Å². The second-order valence-electron chi connectivity index (χ2n) is 10.5. The zero-order valence-electron chi connectivity index (χ0n) is 23.0. The Morgan fingerprint density at radius 1 is 0.935 bits per heavy atom. The zero-order valence-corrected chi connectivity index (χ0v) is 24.8. The van der Waals surface area contributed by atoms with Crippen LogP contribution in [0.15, 0.2) is 29.6 Å². The van der Waals surface area contributed by atoms with Gasteiger partial charge >= 0.3 is 15.6 Å². The Labute approximate surface area is 254 Å². The number of aromatic nitrogens is 6. The van der Waals surface area contributed by atoms with Crippen molar-refractivity contribution in [3.63, 3.8) is 0 Å². The highest BCUT2D eigenvalue weighted by molar-refractivity contribution is 7.47. The van der Waals surface area contributed by atoms with Gasteiger partial charge in [-0.2, -0.15) is 4.98 Å². The third-order valence-corrected chi connectivity index (χ3v) is 9.60. The molecule has 3 fully saturated rings. The van der Waals surface area contributed by atoms with Crippen LogP contribution >= 0.6 is 15.6 Å². The lowest BCUT2D eigenvalue weighted by Gasteiger charge is -2.25. The number of anilines is 2. The Bertz CT molecular complexity index is 1990. The number of rotatable bonds is 2. The van der Waals surface area contributed by atoms with Gasteiger partial charge in [-0.05, 0) is 6.07 Å². The van der Waals surface area contributed by atoms with E-state index in [0.29, 0.717) is 0 Å². The number of aliphatic hydroxyl groups excluding tert-OH is 2. The Kier molecular flexibility index (Phi) is 7.55. The minimum atomic E-state index is -5.16. The number of nitrogens with one attached hydrogen (secondary N) is 1. The average molecular weight is 690 g/mol. The molecule has 2 unspecified atom stereocenters. The average Bonchev–Trinajstić information content (AvgIpc) is 3.71. The molecule has 4 aromatic heterocycles. The van der Waals surface area contributed by atoms with E-state index in [1.165, 1.54) is 12.3 Å². The lowest BCUT2D eigenvalue weighted by atomic mass is 10.1. The summed E-state index contributed by atoms with van der Waals surface area (Å²) in [5, 5.41) is 22.1. The molecule has 9 N–H and O–H groups in total. The predicted octanol–water partition coefficient (Wildman–Crippen LogP) is -0.992. The first-order valence-corrected chi connectivity index (χ1v) is 16.3. The number of imidazole rings is 1. The quantitative estimate of drug-likeness (QED) is 0.124. The molecule has 3 aliphatic rings. The number of hydrogen-bond acceptors (Lipinski definition) is 16. The van der Waals surface area contributed by atoms with Crippen molar-refractivity contribution in [2.24, 2.45) is 0 Å². The van der Waals surface area contributed by atoms with Gasteiger partial charge in [-0.1, -0.05) is 0 Å². The summed E-state index contributed by atoms with van der Waals surface area (Å²) in [6, 6.07) is 1.35. The number of hydrogen-bond donors (Lipinski definition) is 7. The summed E-state index contributed by atoms with van der Waals surface area (Å²) < 4.78 is 75.5. The normalized spacial score (nSPS) is 37.2. The Balaban J connectivity index is 1.21. The highest BCUT2D eigenvalue weighted by Gasteiger charge is 2.54. The molecule has 0 spiro atoms. The van der Waals surface area contributed by atoms with E-state index in [9.17, 15) is 38.3 Å². The van der Waals surface area contributed by atoms with E-state index in [-0.39, 0.29) is 33.8 Å². The fraction of sp³-hybridized carbons (Fsp3) is 0.455. The second kappa shape index (κ2) is 11.1. The van der Waals surface area contributed by atoms with Crippen molar-refractivity contribution in [2.75, 3.05) is 24.7 Å². The smallest absolute Gasteiger partial charge is 0.398 e. The first-order valence-electron chi connectivity index (χ1n) is 13.3. The Morgan fingerprint density at radius 2 is 1.61 bits per heavy atom. The SMILES string of the molecule is Nc1nc2c(ncn2[C@@H]2O[C@@H]3COP(=O)(O)O[C@H]4[C@@H](O)[C@H](n5cc(F)c6c(N)ccnc65)O[C@@H]4COP(=O)(O)O[C@@H]2[C@@H]3O)c(=O)[nH]1. The van der Waals surface area contributed by atoms with Crippen LogP contribution in [0.25, 0.3) is 22.2 Å². The molecule has 21 nitrogen and oxygen atoms in total. The molecule has 3 saturated heterocycles. The number of aromatic amines is 1. The first kappa shape index (κ1) is 31.2. The summed E-state index contributed by atoms with van der Waals surface area (Å²) >= 11 is 0. The molecular formula is C22H25FN8O13P2. The second-order valence-corrected chi connectivity index (χ2v) is 13.4. The van der Waals surface area contributed by atoms with E-state index < -0.39 is 89.3 Å². The van der Waals surface area contributed by atoms with E-state index in [1.54, 1.807) is 0 Å². The molecule has 0 saturated carbocycles. The predicted molar refractivity (Wildman–Crippen MR) is 148 cm³/mol. The molecule has 0 radical (unpaired) electrons. The molecular weight excluding hydrogens is 665 g/mol. The number of pyridine rings is 1. The minimum Gasteiger partial charge on any atom is -0.398 e. The molecule has 7 heterocycles. The fourth-order valence-electron chi connectivity index (χ4n) is 5.59. The van der Waals surface area contributed by atoms with Crippen LogP contribution in [0.3, 0.4) is 0 Å². The maximum absolute atomic E-state index is 14.8. The number of phosphoric acid groups is 2. The number of ether oxygens (including phenoxy) is 2. The van der Waals surface area contributed by atoms with E-state index in [1.807, 2.05) is 0 Å². The van der Waals surface area contributed by atoms with Crippen LogP contribution in [0.5, 0.6) is 0 Å². The van der Waals surface area contributed by atoms with Crippen LogP contribution in [0, 0.1) is 5.82 Å². The van der Waals surface area contributed by atoms with Crippen LogP contribution in [0.1, 0.15) is 12.5 Å². The highest BCUT2D eigenvalue weighted by Crippen LogP contribution is 2.53. The highest BCUT2D eigenvalue weighted by atomic mass is 31.2. The topological polar surface area (TPSA) is 304 Å². The van der Waals surface area contributed by atoms with Crippen LogP contribution < -0.4 is 17.0 Å². The summed E-state index contributed by atoms with van der Waals surface area (Å²) in [4.78, 5) is 47.8. The first-order chi connectivity index (χ1) is 21.7. The standard InChI is InChI=1S/C22H25FN8O13P2/c23-7-3-30(17-11(7)8(24)1-2-26-17)20-14(33)15-10(42-20)5-40-46(37,38)44-16-13(32)9(4-39-45(35,36)43-15)41-21(16)31-6-27-12-18(31)28-22(25)29-19(12)34/h1-3,6,9-10,13-16,20-21,32-33H,4-5H2,(H2,24,26)(H,35,36)(H,37,38)(H3,25,28,29,34)/t9-,10-,13-,14-,15-,16-,20-,21-/m1/s1. The molecule has 0 aromatic carbocycles. The van der Waals surface area contributed by atoms with Gasteiger partial charge in [0.25, 0.3) is 5.56 Å². The third-order valence-electron chi connectivity index (χ3n) is 7.63. The number of H-pyrrole nitrogens is 1. The summed E-state index contributed by atoms with van der Waals surface area (Å²) in [5.74, 6) is -1.11. The number of nitrogens with zero attached hydrogens (tertiary/aromatic N) is 5. The van der Waals surface area contributed by atoms with Gasteiger partial charge in [0.15, 0.2) is 29.4 Å². The fourth-order valence-corrected chi connectivity index (χ4v) is 7.48. The molecule has 24 heteroatoms. The van der Waals surface area contributed by atoms with Gasteiger partial charge in [0.2, 0.25) is 5.95 Å².